The second kappa shape index (κ2) is 2.79. The number of hydrogen-bond donors (Lipinski definition) is 1. The van der Waals surface area contributed by atoms with Gasteiger partial charge in [-0.05, 0) is 0 Å². The number of thiol groups is 1. The standard InChI is InChI=1S/C8H15NOS/c1-6-4-9(11)5-8(2,3)7(6)10/h6,11H,4-5H2,1-3H3. The Morgan fingerprint density at radius 3 is 2.64 bits per heavy atom. The van der Waals surface area contributed by atoms with Crippen molar-refractivity contribution in [3.63, 3.8) is 0 Å². The highest BCUT2D eigenvalue weighted by Crippen LogP contribution is 2.28. The van der Waals surface area contributed by atoms with Crippen molar-refractivity contribution < 1.29 is 4.79 Å². The molecule has 0 amide bonds. The first-order valence-electron chi connectivity index (χ1n) is 3.91. The van der Waals surface area contributed by atoms with E-state index in [1.165, 1.54) is 0 Å². The van der Waals surface area contributed by atoms with Gasteiger partial charge in [0.15, 0.2) is 0 Å². The minimum absolute atomic E-state index is 0.135. The number of piperidine rings is 1. The molecular formula is C8H15NOS. The third-order valence-corrected chi connectivity index (χ3v) is 2.48. The molecule has 0 spiro atoms. The van der Waals surface area contributed by atoms with Crippen molar-refractivity contribution in [2.75, 3.05) is 13.1 Å². The average Bonchev–Trinajstić information content (AvgIpc) is 1.81. The lowest BCUT2D eigenvalue weighted by molar-refractivity contribution is -0.134. The number of carbonyl (C=O) groups excluding carboxylic acids is 1. The Balaban J connectivity index is 2.75. The maximum atomic E-state index is 11.5. The van der Waals surface area contributed by atoms with Crippen LogP contribution in [0.25, 0.3) is 0 Å². The number of hydrogen-bond acceptors (Lipinski definition) is 3. The van der Waals surface area contributed by atoms with E-state index in [1.54, 1.807) is 0 Å². The minimum Gasteiger partial charge on any atom is -0.299 e. The van der Waals surface area contributed by atoms with Gasteiger partial charge in [-0.1, -0.05) is 33.6 Å². The van der Waals surface area contributed by atoms with Gasteiger partial charge in [0, 0.05) is 24.4 Å². The van der Waals surface area contributed by atoms with Gasteiger partial charge in [0.05, 0.1) is 0 Å². The van der Waals surface area contributed by atoms with E-state index in [4.69, 9.17) is 0 Å². The summed E-state index contributed by atoms with van der Waals surface area (Å²) in [7, 11) is 0. The molecule has 0 radical (unpaired) electrons. The second-order valence-electron chi connectivity index (χ2n) is 4.00. The topological polar surface area (TPSA) is 20.3 Å². The molecule has 1 aliphatic rings. The van der Waals surface area contributed by atoms with E-state index in [2.05, 4.69) is 12.8 Å². The summed E-state index contributed by atoms with van der Waals surface area (Å²) in [5.41, 5.74) is -0.209. The van der Waals surface area contributed by atoms with E-state index in [9.17, 15) is 4.79 Å². The highest BCUT2D eigenvalue weighted by atomic mass is 32.1. The zero-order chi connectivity index (χ0) is 8.65. The first-order valence-corrected chi connectivity index (χ1v) is 4.31. The fourth-order valence-corrected chi connectivity index (χ4v) is 2.26. The fraction of sp³-hybridized carbons (Fsp3) is 0.875. The van der Waals surface area contributed by atoms with Crippen molar-refractivity contribution in [2.24, 2.45) is 11.3 Å². The van der Waals surface area contributed by atoms with Crippen LogP contribution in [0.4, 0.5) is 0 Å². The molecule has 1 rings (SSSR count). The SMILES string of the molecule is CC1CN(S)CC(C)(C)C1=O. The van der Waals surface area contributed by atoms with E-state index in [-0.39, 0.29) is 11.3 Å². The van der Waals surface area contributed by atoms with Crippen LogP contribution in [0.1, 0.15) is 20.8 Å². The summed E-state index contributed by atoms with van der Waals surface area (Å²) in [5.74, 6) is 0.499. The Bertz CT molecular complexity index is 179. The highest BCUT2D eigenvalue weighted by Gasteiger charge is 2.37. The Kier molecular flexibility index (Phi) is 2.30. The normalized spacial score (nSPS) is 32.4. The minimum atomic E-state index is -0.209. The first kappa shape index (κ1) is 9.07. The van der Waals surface area contributed by atoms with Gasteiger partial charge in [0.1, 0.15) is 5.78 Å². The van der Waals surface area contributed by atoms with Crippen molar-refractivity contribution in [2.45, 2.75) is 20.8 Å². The molecule has 1 heterocycles. The van der Waals surface area contributed by atoms with Crippen LogP contribution >= 0.6 is 12.8 Å². The average molecular weight is 173 g/mol. The monoisotopic (exact) mass is 173 g/mol. The smallest absolute Gasteiger partial charge is 0.143 e. The van der Waals surface area contributed by atoms with Crippen LogP contribution in [0.3, 0.4) is 0 Å². The Morgan fingerprint density at radius 1 is 1.64 bits per heavy atom. The van der Waals surface area contributed by atoms with E-state index in [1.807, 2.05) is 25.1 Å². The number of ketones is 1. The molecule has 1 aliphatic heterocycles. The zero-order valence-corrected chi connectivity index (χ0v) is 8.19. The Labute approximate surface area is 73.5 Å². The summed E-state index contributed by atoms with van der Waals surface area (Å²) in [4.78, 5) is 11.5. The predicted octanol–water partition coefficient (Wildman–Crippen LogP) is 1.38. The van der Waals surface area contributed by atoms with Gasteiger partial charge in [-0.25, -0.2) is 0 Å². The summed E-state index contributed by atoms with van der Waals surface area (Å²) in [6.07, 6.45) is 0. The quantitative estimate of drug-likeness (QED) is 0.558. The van der Waals surface area contributed by atoms with Gasteiger partial charge < -0.3 is 0 Å². The lowest BCUT2D eigenvalue weighted by Crippen LogP contribution is -2.47. The molecule has 0 aromatic carbocycles. The Morgan fingerprint density at radius 2 is 2.18 bits per heavy atom. The molecule has 0 aromatic rings. The van der Waals surface area contributed by atoms with E-state index in [0.717, 1.165) is 13.1 Å². The van der Waals surface area contributed by atoms with Crippen LogP contribution in [-0.4, -0.2) is 23.2 Å². The van der Waals surface area contributed by atoms with Crippen LogP contribution in [0, 0.1) is 11.3 Å². The summed E-state index contributed by atoms with van der Waals surface area (Å²) in [6.45, 7) is 7.47. The van der Waals surface area contributed by atoms with Crippen LogP contribution in [0.5, 0.6) is 0 Å². The van der Waals surface area contributed by atoms with Crippen LogP contribution < -0.4 is 0 Å². The summed E-state index contributed by atoms with van der Waals surface area (Å²) in [6, 6.07) is 0. The molecule has 1 atom stereocenters. The number of carbonyl (C=O) groups is 1. The lowest BCUT2D eigenvalue weighted by Gasteiger charge is -2.37. The summed E-state index contributed by atoms with van der Waals surface area (Å²) in [5, 5.41) is 0. The molecule has 1 fully saturated rings. The summed E-state index contributed by atoms with van der Waals surface area (Å²) >= 11 is 4.26. The van der Waals surface area contributed by atoms with Crippen molar-refractivity contribution >= 4 is 18.6 Å². The predicted molar refractivity (Wildman–Crippen MR) is 48.5 cm³/mol. The van der Waals surface area contributed by atoms with Gasteiger partial charge >= 0.3 is 0 Å². The second-order valence-corrected chi connectivity index (χ2v) is 4.56. The largest absolute Gasteiger partial charge is 0.299 e. The van der Waals surface area contributed by atoms with Crippen molar-refractivity contribution in [1.82, 2.24) is 4.31 Å². The van der Waals surface area contributed by atoms with E-state index >= 15 is 0 Å². The molecule has 64 valence electrons. The molecule has 0 bridgehead atoms. The van der Waals surface area contributed by atoms with E-state index < -0.39 is 0 Å². The van der Waals surface area contributed by atoms with Crippen molar-refractivity contribution in [3.05, 3.63) is 0 Å². The van der Waals surface area contributed by atoms with Crippen LogP contribution in [0.2, 0.25) is 0 Å². The molecule has 11 heavy (non-hydrogen) atoms. The highest BCUT2D eigenvalue weighted by molar-refractivity contribution is 7.77. The number of Topliss-reactive ketones (excluding diaryl/α,β-unsaturated/α-hetero) is 1. The molecule has 0 N–H and O–H groups in total. The lowest BCUT2D eigenvalue weighted by atomic mass is 9.79. The molecule has 1 saturated heterocycles. The van der Waals surface area contributed by atoms with Gasteiger partial charge in [0.2, 0.25) is 0 Å². The maximum absolute atomic E-state index is 11.5. The van der Waals surface area contributed by atoms with Crippen molar-refractivity contribution in [3.8, 4) is 0 Å². The van der Waals surface area contributed by atoms with Gasteiger partial charge in [0.25, 0.3) is 0 Å². The zero-order valence-electron chi connectivity index (χ0n) is 7.29. The van der Waals surface area contributed by atoms with Crippen molar-refractivity contribution in [1.29, 1.82) is 0 Å². The fourth-order valence-electron chi connectivity index (χ4n) is 1.66. The van der Waals surface area contributed by atoms with Crippen LogP contribution in [-0.2, 0) is 4.79 Å². The maximum Gasteiger partial charge on any atom is 0.143 e. The summed E-state index contributed by atoms with van der Waals surface area (Å²) < 4.78 is 1.92. The Hall–Kier alpha value is -0.0200. The molecule has 0 aromatic heterocycles. The number of nitrogens with zero attached hydrogens (tertiary/aromatic N) is 1. The molecule has 0 aliphatic carbocycles. The third kappa shape index (κ3) is 1.76. The molecule has 1 unspecified atom stereocenters. The molecular weight excluding hydrogens is 158 g/mol. The molecule has 2 nitrogen and oxygen atoms in total. The van der Waals surface area contributed by atoms with Crippen LogP contribution in [0.15, 0.2) is 0 Å². The van der Waals surface area contributed by atoms with Gasteiger partial charge in [-0.15, -0.1) is 0 Å². The van der Waals surface area contributed by atoms with Gasteiger partial charge in [-0.3, -0.25) is 9.10 Å². The first-order chi connectivity index (χ1) is 4.93. The van der Waals surface area contributed by atoms with E-state index in [0.29, 0.717) is 5.78 Å². The van der Waals surface area contributed by atoms with Gasteiger partial charge in [-0.2, -0.15) is 0 Å². The molecule has 0 saturated carbocycles. The molecule has 3 heteroatoms. The third-order valence-electron chi connectivity index (χ3n) is 2.18. The number of rotatable bonds is 0.